The van der Waals surface area contributed by atoms with Gasteiger partial charge in [0.2, 0.25) is 0 Å². The Bertz CT molecular complexity index is 380. The number of azo groups is 2. The Labute approximate surface area is 164 Å². The summed E-state index contributed by atoms with van der Waals surface area (Å²) in [6, 6.07) is 0. The number of hydrogen-bond donors (Lipinski definition) is 0. The minimum absolute atomic E-state index is 0.00639. The van der Waals surface area contributed by atoms with Gasteiger partial charge in [-0.3, -0.25) is 0 Å². The van der Waals surface area contributed by atoms with Gasteiger partial charge in [-0.25, -0.2) is 0 Å². The lowest BCUT2D eigenvalue weighted by atomic mass is 9.99. The van der Waals surface area contributed by atoms with Crippen LogP contribution in [0.3, 0.4) is 0 Å². The molecule has 0 bridgehead atoms. The summed E-state index contributed by atoms with van der Waals surface area (Å²) in [6.45, 7) is 25.7. The van der Waals surface area contributed by atoms with E-state index >= 15 is 0 Å². The van der Waals surface area contributed by atoms with E-state index in [2.05, 4.69) is 104 Å². The molecule has 0 amide bonds. The van der Waals surface area contributed by atoms with Crippen molar-refractivity contribution in [3.63, 3.8) is 0 Å². The minimum atomic E-state index is 0.00639. The maximum atomic E-state index is 4.46. The van der Waals surface area contributed by atoms with Gasteiger partial charge in [0.1, 0.15) is 0 Å². The molecule has 0 aliphatic heterocycles. The van der Waals surface area contributed by atoms with Gasteiger partial charge in [0.15, 0.2) is 0 Å². The van der Waals surface area contributed by atoms with Gasteiger partial charge in [0, 0.05) is 0 Å². The summed E-state index contributed by atoms with van der Waals surface area (Å²) in [5.41, 5.74) is 0.0401. The highest BCUT2D eigenvalue weighted by Gasteiger charge is 2.20. The standard InChI is InChI=1S/C12H26N2.C10H22N2/c1-7-9-11(3,4)13-14-12(5,6)10-8-2;1-7-9(3,4)11-12-10(5,6)8-2/h7-10H2,1-6H3;7-8H2,1-6H3. The highest BCUT2D eigenvalue weighted by atomic mass is 15.2. The summed E-state index contributed by atoms with van der Waals surface area (Å²) in [6.07, 6.45) is 6.63. The predicted molar refractivity (Wildman–Crippen MR) is 116 cm³/mol. The van der Waals surface area contributed by atoms with E-state index in [0.29, 0.717) is 0 Å². The third kappa shape index (κ3) is 15.5. The molecule has 0 heterocycles. The number of nitrogens with zero attached hydrogens (tertiary/aromatic N) is 4. The molecule has 156 valence electrons. The molecule has 26 heavy (non-hydrogen) atoms. The fourth-order valence-corrected chi connectivity index (χ4v) is 2.01. The molecule has 0 aromatic rings. The van der Waals surface area contributed by atoms with Gasteiger partial charge in [-0.1, -0.05) is 40.5 Å². The van der Waals surface area contributed by atoms with Gasteiger partial charge >= 0.3 is 0 Å². The lowest BCUT2D eigenvalue weighted by Crippen LogP contribution is -2.20. The Kier molecular flexibility index (Phi) is 12.5. The van der Waals surface area contributed by atoms with Crippen molar-refractivity contribution in [1.82, 2.24) is 0 Å². The van der Waals surface area contributed by atoms with Crippen LogP contribution in [0.2, 0.25) is 0 Å². The Morgan fingerprint density at radius 3 is 0.846 bits per heavy atom. The Balaban J connectivity index is 0. The molecule has 0 aromatic heterocycles. The second-order valence-corrected chi connectivity index (χ2v) is 9.86. The van der Waals surface area contributed by atoms with Crippen molar-refractivity contribution < 1.29 is 0 Å². The van der Waals surface area contributed by atoms with Crippen molar-refractivity contribution in [3.05, 3.63) is 0 Å². The van der Waals surface area contributed by atoms with Crippen molar-refractivity contribution in [2.24, 2.45) is 20.5 Å². The van der Waals surface area contributed by atoms with Crippen LogP contribution in [0.15, 0.2) is 20.5 Å². The summed E-state index contributed by atoms with van der Waals surface area (Å²) in [4.78, 5) is 0. The van der Waals surface area contributed by atoms with Gasteiger partial charge in [0.25, 0.3) is 0 Å². The van der Waals surface area contributed by atoms with E-state index in [9.17, 15) is 0 Å². The average molecular weight is 369 g/mol. The van der Waals surface area contributed by atoms with Gasteiger partial charge < -0.3 is 0 Å². The zero-order chi connectivity index (χ0) is 21.1. The normalized spacial score (nSPS) is 14.0. The lowest BCUT2D eigenvalue weighted by Gasteiger charge is -2.22. The highest BCUT2D eigenvalue weighted by molar-refractivity contribution is 4.80. The molecular formula is C22H48N4. The molecule has 0 aromatic carbocycles. The van der Waals surface area contributed by atoms with Gasteiger partial charge in [-0.05, 0) is 81.1 Å². The zero-order valence-electron chi connectivity index (χ0n) is 20.0. The van der Waals surface area contributed by atoms with Crippen LogP contribution in [0, 0.1) is 0 Å². The van der Waals surface area contributed by atoms with Crippen molar-refractivity contribution in [2.75, 3.05) is 0 Å². The molecule has 0 aliphatic carbocycles. The van der Waals surface area contributed by atoms with Crippen LogP contribution in [0.25, 0.3) is 0 Å². The third-order valence-electron chi connectivity index (χ3n) is 4.64. The van der Waals surface area contributed by atoms with Crippen LogP contribution in [0.4, 0.5) is 0 Å². The SMILES string of the molecule is CCC(C)(C)N=NC(C)(C)CC.CCCC(C)(C)N=NC(C)(C)CCC. The maximum absolute atomic E-state index is 4.46. The molecule has 0 spiro atoms. The smallest absolute Gasteiger partial charge is 0.0760 e. The molecule has 0 atom stereocenters. The molecule has 4 heteroatoms. The van der Waals surface area contributed by atoms with Gasteiger partial charge in [-0.2, -0.15) is 20.5 Å². The van der Waals surface area contributed by atoms with Crippen LogP contribution < -0.4 is 0 Å². The molecular weight excluding hydrogens is 320 g/mol. The van der Waals surface area contributed by atoms with E-state index < -0.39 is 0 Å². The predicted octanol–water partition coefficient (Wildman–Crippen LogP) is 8.41. The maximum Gasteiger partial charge on any atom is 0.0760 e. The Morgan fingerprint density at radius 1 is 0.423 bits per heavy atom. The quantitative estimate of drug-likeness (QED) is 0.347. The summed E-state index contributed by atoms with van der Waals surface area (Å²) in [5.74, 6) is 0. The zero-order valence-corrected chi connectivity index (χ0v) is 20.0. The molecule has 0 saturated carbocycles. The Hall–Kier alpha value is -0.800. The first kappa shape index (κ1) is 27.4. The molecule has 4 nitrogen and oxygen atoms in total. The average Bonchev–Trinajstić information content (AvgIpc) is 2.52. The second-order valence-electron chi connectivity index (χ2n) is 9.86. The summed E-state index contributed by atoms with van der Waals surface area (Å²) in [7, 11) is 0. The Morgan fingerprint density at radius 2 is 0.654 bits per heavy atom. The lowest BCUT2D eigenvalue weighted by molar-refractivity contribution is 0.383. The van der Waals surface area contributed by atoms with Crippen LogP contribution in [0.5, 0.6) is 0 Å². The molecule has 0 aliphatic rings. The van der Waals surface area contributed by atoms with Crippen molar-refractivity contribution >= 4 is 0 Å². The molecule has 0 saturated heterocycles. The fourth-order valence-electron chi connectivity index (χ4n) is 2.01. The van der Waals surface area contributed by atoms with Crippen LogP contribution in [-0.2, 0) is 0 Å². The van der Waals surface area contributed by atoms with E-state index in [1.807, 2.05) is 0 Å². The van der Waals surface area contributed by atoms with E-state index in [0.717, 1.165) is 25.7 Å². The molecule has 0 rings (SSSR count). The first-order valence-corrected chi connectivity index (χ1v) is 10.5. The minimum Gasteiger partial charge on any atom is -0.187 e. The van der Waals surface area contributed by atoms with Crippen molar-refractivity contribution in [3.8, 4) is 0 Å². The van der Waals surface area contributed by atoms with Crippen LogP contribution in [0.1, 0.15) is 122 Å². The molecule has 0 fully saturated rings. The monoisotopic (exact) mass is 368 g/mol. The summed E-state index contributed by atoms with van der Waals surface area (Å²) in [5, 5.41) is 17.6. The third-order valence-corrected chi connectivity index (χ3v) is 4.64. The largest absolute Gasteiger partial charge is 0.187 e. The summed E-state index contributed by atoms with van der Waals surface area (Å²) >= 11 is 0. The molecule has 0 radical (unpaired) electrons. The highest BCUT2D eigenvalue weighted by Crippen LogP contribution is 2.23. The number of hydrogen-bond acceptors (Lipinski definition) is 4. The topological polar surface area (TPSA) is 49.4 Å². The summed E-state index contributed by atoms with van der Waals surface area (Å²) < 4.78 is 0. The van der Waals surface area contributed by atoms with E-state index in [-0.39, 0.29) is 22.2 Å². The van der Waals surface area contributed by atoms with Gasteiger partial charge in [0.05, 0.1) is 22.2 Å². The van der Waals surface area contributed by atoms with Crippen molar-refractivity contribution in [1.29, 1.82) is 0 Å². The first-order chi connectivity index (χ1) is 11.7. The fraction of sp³-hybridized carbons (Fsp3) is 1.00. The second kappa shape index (κ2) is 11.8. The molecule has 0 unspecified atom stereocenters. The van der Waals surface area contributed by atoms with Crippen LogP contribution >= 0.6 is 0 Å². The van der Waals surface area contributed by atoms with E-state index in [1.54, 1.807) is 0 Å². The first-order valence-electron chi connectivity index (χ1n) is 10.5. The molecule has 0 N–H and O–H groups in total. The van der Waals surface area contributed by atoms with Crippen LogP contribution in [-0.4, -0.2) is 22.2 Å². The van der Waals surface area contributed by atoms with Crippen molar-refractivity contribution in [2.45, 2.75) is 144 Å². The number of rotatable bonds is 10. The van der Waals surface area contributed by atoms with Gasteiger partial charge in [-0.15, -0.1) is 0 Å². The van der Waals surface area contributed by atoms with E-state index in [1.165, 1.54) is 12.8 Å². The van der Waals surface area contributed by atoms with E-state index in [4.69, 9.17) is 0 Å².